The number of benzene rings is 1. The van der Waals surface area contributed by atoms with Gasteiger partial charge in [-0.25, -0.2) is 4.98 Å². The van der Waals surface area contributed by atoms with Gasteiger partial charge in [-0.05, 0) is 31.9 Å². The number of nitrogens with zero attached hydrogens (tertiary/aromatic N) is 1. The third kappa shape index (κ3) is 4.89. The van der Waals surface area contributed by atoms with Crippen molar-refractivity contribution in [1.82, 2.24) is 10.3 Å². The maximum Gasteiger partial charge on any atom is 0.253 e. The Morgan fingerprint density at radius 3 is 2.67 bits per heavy atom. The molecule has 0 saturated carbocycles. The zero-order chi connectivity index (χ0) is 17.5. The lowest BCUT2D eigenvalue weighted by molar-refractivity contribution is -0.115. The SMILES string of the molecule is CCc1nc(CC(=O)Nc2ccccc2C(=O)N[C@H](C)CC)cs1. The Bertz CT molecular complexity index is 712. The second kappa shape index (κ2) is 8.59. The quantitative estimate of drug-likeness (QED) is 0.808. The molecule has 2 amide bonds. The Labute approximate surface area is 146 Å². The van der Waals surface area contributed by atoms with Gasteiger partial charge in [0.25, 0.3) is 5.91 Å². The van der Waals surface area contributed by atoms with E-state index in [1.165, 1.54) is 0 Å². The Kier molecular flexibility index (Phi) is 6.49. The number of carbonyl (C=O) groups excluding carboxylic acids is 2. The number of hydrogen-bond acceptors (Lipinski definition) is 4. The summed E-state index contributed by atoms with van der Waals surface area (Å²) in [5.41, 5.74) is 1.75. The minimum atomic E-state index is -0.179. The van der Waals surface area contributed by atoms with Crippen LogP contribution < -0.4 is 10.6 Å². The monoisotopic (exact) mass is 345 g/mol. The van der Waals surface area contributed by atoms with Crippen molar-refractivity contribution in [2.75, 3.05) is 5.32 Å². The van der Waals surface area contributed by atoms with Crippen LogP contribution in [0.15, 0.2) is 29.6 Å². The number of rotatable bonds is 7. The number of aromatic nitrogens is 1. The van der Waals surface area contributed by atoms with E-state index < -0.39 is 0 Å². The summed E-state index contributed by atoms with van der Waals surface area (Å²) in [6.07, 6.45) is 1.92. The van der Waals surface area contributed by atoms with Crippen LogP contribution in [0.5, 0.6) is 0 Å². The predicted octanol–water partition coefficient (Wildman–Crippen LogP) is 3.42. The number of amides is 2. The zero-order valence-electron chi connectivity index (χ0n) is 14.3. The molecular formula is C18H23N3O2S. The van der Waals surface area contributed by atoms with E-state index in [1.807, 2.05) is 26.2 Å². The van der Waals surface area contributed by atoms with Crippen LogP contribution in [0.4, 0.5) is 5.69 Å². The topological polar surface area (TPSA) is 71.1 Å². The van der Waals surface area contributed by atoms with Gasteiger partial charge in [0.15, 0.2) is 0 Å². The van der Waals surface area contributed by atoms with Gasteiger partial charge in [0.1, 0.15) is 0 Å². The van der Waals surface area contributed by atoms with Gasteiger partial charge in [0, 0.05) is 11.4 Å². The van der Waals surface area contributed by atoms with Crippen LogP contribution in [0.25, 0.3) is 0 Å². The molecular weight excluding hydrogens is 322 g/mol. The van der Waals surface area contributed by atoms with Crippen molar-refractivity contribution in [3.05, 3.63) is 45.9 Å². The van der Waals surface area contributed by atoms with E-state index >= 15 is 0 Å². The maximum atomic E-state index is 12.3. The first kappa shape index (κ1) is 18.1. The first-order valence-corrected chi connectivity index (χ1v) is 9.04. The molecule has 2 aromatic rings. The highest BCUT2D eigenvalue weighted by Crippen LogP contribution is 2.17. The molecule has 0 aliphatic carbocycles. The van der Waals surface area contributed by atoms with Gasteiger partial charge < -0.3 is 10.6 Å². The fraction of sp³-hybridized carbons (Fsp3) is 0.389. The van der Waals surface area contributed by atoms with Crippen LogP contribution >= 0.6 is 11.3 Å². The molecule has 0 saturated heterocycles. The molecule has 0 fully saturated rings. The number of para-hydroxylation sites is 1. The Morgan fingerprint density at radius 2 is 2.00 bits per heavy atom. The second-order valence-corrected chi connectivity index (χ2v) is 6.58. The molecule has 6 heteroatoms. The lowest BCUT2D eigenvalue weighted by atomic mass is 10.1. The summed E-state index contributed by atoms with van der Waals surface area (Å²) in [6.45, 7) is 6.00. The lowest BCUT2D eigenvalue weighted by Gasteiger charge is -2.14. The normalized spacial score (nSPS) is 11.8. The number of thiazole rings is 1. The van der Waals surface area contributed by atoms with Crippen molar-refractivity contribution in [2.24, 2.45) is 0 Å². The predicted molar refractivity (Wildman–Crippen MR) is 97.5 cm³/mol. The first-order chi connectivity index (χ1) is 11.5. The lowest BCUT2D eigenvalue weighted by Crippen LogP contribution is -2.32. The summed E-state index contributed by atoms with van der Waals surface area (Å²) in [7, 11) is 0. The molecule has 2 rings (SSSR count). The van der Waals surface area contributed by atoms with Gasteiger partial charge in [-0.2, -0.15) is 0 Å². The Balaban J connectivity index is 2.06. The van der Waals surface area contributed by atoms with Crippen LogP contribution in [0.3, 0.4) is 0 Å². The maximum absolute atomic E-state index is 12.3. The van der Waals surface area contributed by atoms with Gasteiger partial charge in [-0.1, -0.05) is 26.0 Å². The van der Waals surface area contributed by atoms with Crippen molar-refractivity contribution in [2.45, 2.75) is 46.1 Å². The smallest absolute Gasteiger partial charge is 0.253 e. The fourth-order valence-corrected chi connectivity index (χ4v) is 2.89. The van der Waals surface area contributed by atoms with E-state index in [2.05, 4.69) is 15.6 Å². The van der Waals surface area contributed by atoms with Gasteiger partial charge >= 0.3 is 0 Å². The van der Waals surface area contributed by atoms with Gasteiger partial charge in [-0.15, -0.1) is 11.3 Å². The van der Waals surface area contributed by atoms with Crippen LogP contribution in [-0.4, -0.2) is 22.8 Å². The van der Waals surface area contributed by atoms with E-state index in [1.54, 1.807) is 35.6 Å². The molecule has 0 bridgehead atoms. The molecule has 24 heavy (non-hydrogen) atoms. The van der Waals surface area contributed by atoms with E-state index in [-0.39, 0.29) is 24.3 Å². The number of carbonyl (C=O) groups is 2. The fourth-order valence-electron chi connectivity index (χ4n) is 2.15. The van der Waals surface area contributed by atoms with Crippen molar-refractivity contribution in [3.8, 4) is 0 Å². The van der Waals surface area contributed by atoms with E-state index in [0.29, 0.717) is 11.3 Å². The average molecular weight is 345 g/mol. The summed E-state index contributed by atoms with van der Waals surface area (Å²) < 4.78 is 0. The summed E-state index contributed by atoms with van der Waals surface area (Å²) in [4.78, 5) is 29.0. The third-order valence-electron chi connectivity index (χ3n) is 3.68. The van der Waals surface area contributed by atoms with Crippen LogP contribution in [-0.2, 0) is 17.6 Å². The van der Waals surface area contributed by atoms with Crippen molar-refractivity contribution >= 4 is 28.8 Å². The summed E-state index contributed by atoms with van der Waals surface area (Å²) in [6, 6.07) is 7.12. The summed E-state index contributed by atoms with van der Waals surface area (Å²) >= 11 is 1.56. The molecule has 1 atom stereocenters. The molecule has 1 aromatic heterocycles. The molecule has 128 valence electrons. The first-order valence-electron chi connectivity index (χ1n) is 8.16. The standard InChI is InChI=1S/C18H23N3O2S/c1-4-12(3)19-18(23)14-8-6-7-9-15(14)21-16(22)10-13-11-24-17(5-2)20-13/h6-9,11-12H,4-5,10H2,1-3H3,(H,19,23)(H,21,22)/t12-/m1/s1. The molecule has 0 spiro atoms. The zero-order valence-corrected chi connectivity index (χ0v) is 15.1. The highest BCUT2D eigenvalue weighted by atomic mass is 32.1. The van der Waals surface area contributed by atoms with Crippen LogP contribution in [0.2, 0.25) is 0 Å². The molecule has 2 N–H and O–H groups in total. The Morgan fingerprint density at radius 1 is 1.25 bits per heavy atom. The highest BCUT2D eigenvalue weighted by molar-refractivity contribution is 7.09. The summed E-state index contributed by atoms with van der Waals surface area (Å²) in [5.74, 6) is -0.353. The van der Waals surface area contributed by atoms with Gasteiger partial charge in [-0.3, -0.25) is 9.59 Å². The summed E-state index contributed by atoms with van der Waals surface area (Å²) in [5, 5.41) is 8.66. The molecule has 0 aliphatic rings. The van der Waals surface area contributed by atoms with Crippen molar-refractivity contribution in [1.29, 1.82) is 0 Å². The number of hydrogen-bond donors (Lipinski definition) is 2. The van der Waals surface area contributed by atoms with E-state index in [0.717, 1.165) is 23.5 Å². The molecule has 0 radical (unpaired) electrons. The molecule has 1 aromatic carbocycles. The van der Waals surface area contributed by atoms with E-state index in [9.17, 15) is 9.59 Å². The number of nitrogens with one attached hydrogen (secondary N) is 2. The molecule has 0 aliphatic heterocycles. The third-order valence-corrected chi connectivity index (χ3v) is 4.72. The van der Waals surface area contributed by atoms with E-state index in [4.69, 9.17) is 0 Å². The average Bonchev–Trinajstić information content (AvgIpc) is 3.02. The Hall–Kier alpha value is -2.21. The minimum Gasteiger partial charge on any atom is -0.350 e. The van der Waals surface area contributed by atoms with Crippen molar-refractivity contribution in [3.63, 3.8) is 0 Å². The van der Waals surface area contributed by atoms with Crippen molar-refractivity contribution < 1.29 is 9.59 Å². The second-order valence-electron chi connectivity index (χ2n) is 5.64. The van der Waals surface area contributed by atoms with Crippen LogP contribution in [0, 0.1) is 0 Å². The number of aryl methyl sites for hydroxylation is 1. The minimum absolute atomic E-state index is 0.0868. The van der Waals surface area contributed by atoms with Gasteiger partial charge in [0.05, 0.1) is 28.4 Å². The molecule has 5 nitrogen and oxygen atoms in total. The molecule has 0 unspecified atom stereocenters. The van der Waals surface area contributed by atoms with Crippen LogP contribution in [0.1, 0.15) is 48.3 Å². The highest BCUT2D eigenvalue weighted by Gasteiger charge is 2.15. The molecule has 1 heterocycles. The number of anilines is 1. The van der Waals surface area contributed by atoms with Gasteiger partial charge in [0.2, 0.25) is 5.91 Å². The largest absolute Gasteiger partial charge is 0.350 e.